The molecule has 0 aliphatic carbocycles. The van der Waals surface area contributed by atoms with Crippen LogP contribution in [0.25, 0.3) is 0 Å². The standard InChI is InChI=1S/C5H11NO2/c1-3-7-5-6-8-4-2/h5H,3-4H2,1-2H3/b6-5+. The lowest BCUT2D eigenvalue weighted by molar-refractivity contribution is 0.150. The van der Waals surface area contributed by atoms with Gasteiger partial charge < -0.3 is 9.57 Å². The zero-order valence-corrected chi connectivity index (χ0v) is 5.26. The normalized spacial score (nSPS) is 9.75. The molecule has 0 aromatic rings. The van der Waals surface area contributed by atoms with Gasteiger partial charge in [-0.15, -0.1) is 0 Å². The summed E-state index contributed by atoms with van der Waals surface area (Å²) in [6, 6.07) is 0. The molecule has 0 N–H and O–H groups in total. The first-order valence-electron chi connectivity index (χ1n) is 2.67. The number of oxime groups is 1. The maximum atomic E-state index is 4.72. The van der Waals surface area contributed by atoms with Crippen LogP contribution >= 0.6 is 0 Å². The van der Waals surface area contributed by atoms with Crippen LogP contribution in [0.1, 0.15) is 13.8 Å². The van der Waals surface area contributed by atoms with Gasteiger partial charge in [-0.3, -0.25) is 0 Å². The summed E-state index contributed by atoms with van der Waals surface area (Å²) in [6.45, 7) is 4.97. The molecule has 3 heteroatoms. The Bertz CT molecular complexity index is 55.4. The minimum atomic E-state index is 0.587. The van der Waals surface area contributed by atoms with E-state index in [9.17, 15) is 0 Å². The van der Waals surface area contributed by atoms with Gasteiger partial charge in [-0.05, 0) is 13.8 Å². The Labute approximate surface area is 49.3 Å². The summed E-state index contributed by atoms with van der Waals surface area (Å²) in [5, 5.41) is 3.43. The first-order valence-corrected chi connectivity index (χ1v) is 2.67. The minimum Gasteiger partial charge on any atom is -0.481 e. The maximum Gasteiger partial charge on any atom is 0.212 e. The lowest BCUT2D eigenvalue weighted by Crippen LogP contribution is -1.86. The molecular weight excluding hydrogens is 106 g/mol. The second-order valence-corrected chi connectivity index (χ2v) is 1.08. The van der Waals surface area contributed by atoms with Crippen molar-refractivity contribution in [2.75, 3.05) is 13.2 Å². The Balaban J connectivity index is 2.83. The molecule has 0 heterocycles. The Morgan fingerprint density at radius 3 is 2.62 bits per heavy atom. The number of hydrogen-bond acceptors (Lipinski definition) is 3. The first kappa shape index (κ1) is 7.27. The van der Waals surface area contributed by atoms with E-state index in [1.165, 1.54) is 6.40 Å². The van der Waals surface area contributed by atoms with Crippen LogP contribution in [0.4, 0.5) is 0 Å². The minimum absolute atomic E-state index is 0.587. The average molecular weight is 117 g/mol. The number of ether oxygens (including phenoxy) is 1. The summed E-state index contributed by atoms with van der Waals surface area (Å²) < 4.78 is 4.72. The number of hydrogen-bond donors (Lipinski definition) is 0. The second-order valence-electron chi connectivity index (χ2n) is 1.08. The lowest BCUT2D eigenvalue weighted by Gasteiger charge is -1.90. The molecular formula is C5H11NO2. The van der Waals surface area contributed by atoms with Crippen LogP contribution in [-0.4, -0.2) is 19.6 Å². The van der Waals surface area contributed by atoms with Crippen molar-refractivity contribution in [2.24, 2.45) is 5.16 Å². The third kappa shape index (κ3) is 5.27. The summed E-state index contributed by atoms with van der Waals surface area (Å²) in [5.74, 6) is 0. The van der Waals surface area contributed by atoms with E-state index in [0.29, 0.717) is 13.2 Å². The lowest BCUT2D eigenvalue weighted by atomic mass is 10.9. The first-order chi connectivity index (χ1) is 3.91. The van der Waals surface area contributed by atoms with Crippen molar-refractivity contribution in [3.05, 3.63) is 0 Å². The summed E-state index contributed by atoms with van der Waals surface area (Å²) in [5.41, 5.74) is 0. The summed E-state index contributed by atoms with van der Waals surface area (Å²) in [7, 11) is 0. The van der Waals surface area contributed by atoms with Crippen molar-refractivity contribution in [2.45, 2.75) is 13.8 Å². The zero-order valence-electron chi connectivity index (χ0n) is 5.26. The van der Waals surface area contributed by atoms with Gasteiger partial charge in [-0.2, -0.15) is 0 Å². The van der Waals surface area contributed by atoms with E-state index in [4.69, 9.17) is 4.74 Å². The van der Waals surface area contributed by atoms with E-state index in [0.717, 1.165) is 0 Å². The van der Waals surface area contributed by atoms with Crippen LogP contribution in [0.15, 0.2) is 5.16 Å². The van der Waals surface area contributed by atoms with Crippen LogP contribution in [0.5, 0.6) is 0 Å². The summed E-state index contributed by atoms with van der Waals surface area (Å²) >= 11 is 0. The Kier molecular flexibility index (Phi) is 5.70. The van der Waals surface area contributed by atoms with E-state index >= 15 is 0 Å². The Morgan fingerprint density at radius 2 is 2.12 bits per heavy atom. The number of nitrogens with zero attached hydrogens (tertiary/aromatic N) is 1. The molecule has 0 saturated heterocycles. The Hall–Kier alpha value is -0.730. The fraction of sp³-hybridized carbons (Fsp3) is 0.800. The number of rotatable bonds is 4. The molecule has 0 radical (unpaired) electrons. The fourth-order valence-corrected chi connectivity index (χ4v) is 0.210. The largest absolute Gasteiger partial charge is 0.481 e. The smallest absolute Gasteiger partial charge is 0.212 e. The zero-order chi connectivity index (χ0) is 6.24. The van der Waals surface area contributed by atoms with Crippen LogP contribution in [0.2, 0.25) is 0 Å². The SMILES string of the molecule is CCO/C=N/OCC. The van der Waals surface area contributed by atoms with Gasteiger partial charge >= 0.3 is 0 Å². The monoisotopic (exact) mass is 117 g/mol. The molecule has 0 aliphatic rings. The molecule has 0 atom stereocenters. The van der Waals surface area contributed by atoms with E-state index in [2.05, 4.69) is 9.99 Å². The van der Waals surface area contributed by atoms with Crippen molar-refractivity contribution in [1.82, 2.24) is 0 Å². The molecule has 3 nitrogen and oxygen atoms in total. The molecule has 0 amide bonds. The van der Waals surface area contributed by atoms with E-state index < -0.39 is 0 Å². The highest BCUT2D eigenvalue weighted by molar-refractivity contribution is 5.44. The van der Waals surface area contributed by atoms with Crippen LogP contribution in [-0.2, 0) is 9.57 Å². The highest BCUT2D eigenvalue weighted by Gasteiger charge is 1.69. The third-order valence-electron chi connectivity index (χ3n) is 0.488. The van der Waals surface area contributed by atoms with E-state index in [1.54, 1.807) is 0 Å². The van der Waals surface area contributed by atoms with Crippen molar-refractivity contribution in [1.29, 1.82) is 0 Å². The van der Waals surface area contributed by atoms with Gasteiger partial charge in [0.1, 0.15) is 6.61 Å². The average Bonchev–Trinajstić information content (AvgIpc) is 1.81. The van der Waals surface area contributed by atoms with Gasteiger partial charge in [0.2, 0.25) is 6.40 Å². The fourth-order valence-electron chi connectivity index (χ4n) is 0.210. The molecule has 48 valence electrons. The summed E-state index contributed by atoms with van der Waals surface area (Å²) in [4.78, 5) is 4.58. The Morgan fingerprint density at radius 1 is 1.38 bits per heavy atom. The van der Waals surface area contributed by atoms with Gasteiger partial charge in [-0.25, -0.2) is 0 Å². The van der Waals surface area contributed by atoms with Gasteiger partial charge in [0, 0.05) is 0 Å². The highest BCUT2D eigenvalue weighted by Crippen LogP contribution is 1.71. The predicted molar refractivity (Wildman–Crippen MR) is 31.7 cm³/mol. The van der Waals surface area contributed by atoms with Crippen LogP contribution in [0.3, 0.4) is 0 Å². The molecule has 0 aromatic carbocycles. The predicted octanol–water partition coefficient (Wildman–Crippen LogP) is 1.00. The van der Waals surface area contributed by atoms with Crippen molar-refractivity contribution < 1.29 is 9.57 Å². The van der Waals surface area contributed by atoms with Gasteiger partial charge in [0.05, 0.1) is 6.61 Å². The van der Waals surface area contributed by atoms with E-state index in [1.807, 2.05) is 13.8 Å². The van der Waals surface area contributed by atoms with Gasteiger partial charge in [0.25, 0.3) is 0 Å². The molecule has 0 fully saturated rings. The molecule has 0 rings (SSSR count). The molecule has 0 saturated carbocycles. The molecule has 0 aromatic heterocycles. The molecule has 8 heavy (non-hydrogen) atoms. The second kappa shape index (κ2) is 6.27. The molecule has 0 aliphatic heterocycles. The van der Waals surface area contributed by atoms with Gasteiger partial charge in [-0.1, -0.05) is 5.16 Å². The third-order valence-corrected chi connectivity index (χ3v) is 0.488. The molecule has 0 spiro atoms. The molecule has 0 bridgehead atoms. The van der Waals surface area contributed by atoms with Crippen LogP contribution in [0, 0.1) is 0 Å². The maximum absolute atomic E-state index is 4.72. The molecule has 0 unspecified atom stereocenters. The van der Waals surface area contributed by atoms with Crippen LogP contribution < -0.4 is 0 Å². The quantitative estimate of drug-likeness (QED) is 0.312. The van der Waals surface area contributed by atoms with Crippen molar-refractivity contribution >= 4 is 6.40 Å². The highest BCUT2D eigenvalue weighted by atomic mass is 16.6. The van der Waals surface area contributed by atoms with Crippen molar-refractivity contribution in [3.63, 3.8) is 0 Å². The van der Waals surface area contributed by atoms with E-state index in [-0.39, 0.29) is 0 Å². The topological polar surface area (TPSA) is 30.8 Å². The summed E-state index contributed by atoms with van der Waals surface area (Å²) in [6.07, 6.45) is 1.30. The van der Waals surface area contributed by atoms with Crippen molar-refractivity contribution in [3.8, 4) is 0 Å². The van der Waals surface area contributed by atoms with Gasteiger partial charge in [0.15, 0.2) is 0 Å².